The van der Waals surface area contributed by atoms with E-state index in [-0.39, 0.29) is 0 Å². The number of rotatable bonds is 6. The third-order valence-corrected chi connectivity index (χ3v) is 3.90. The van der Waals surface area contributed by atoms with Gasteiger partial charge in [0.2, 0.25) is 0 Å². The molecule has 3 heteroatoms. The van der Waals surface area contributed by atoms with E-state index in [0.717, 1.165) is 37.4 Å². The molecule has 0 saturated heterocycles. The standard InChI is InChI=1S/C17H21NO2/c1-2-3-4-5-10-19-15-8-9-16-13(11-15)6-7-14-12-18-20-17(14)16/h8-9,11-12H,2-7,10H2,1H3. The average Bonchev–Trinajstić information content (AvgIpc) is 2.95. The number of aryl methyl sites for hydroxylation is 2. The van der Waals surface area contributed by atoms with Gasteiger partial charge in [-0.2, -0.15) is 0 Å². The van der Waals surface area contributed by atoms with Gasteiger partial charge in [-0.15, -0.1) is 0 Å². The first-order valence-corrected chi connectivity index (χ1v) is 7.58. The summed E-state index contributed by atoms with van der Waals surface area (Å²) in [6, 6.07) is 6.29. The molecule has 0 fully saturated rings. The molecule has 1 aromatic heterocycles. The van der Waals surface area contributed by atoms with E-state index in [2.05, 4.69) is 24.2 Å². The summed E-state index contributed by atoms with van der Waals surface area (Å²) in [5, 5.41) is 3.90. The number of ether oxygens (including phenoxy) is 1. The summed E-state index contributed by atoms with van der Waals surface area (Å²) >= 11 is 0. The smallest absolute Gasteiger partial charge is 0.170 e. The molecule has 1 aromatic carbocycles. The van der Waals surface area contributed by atoms with Crippen molar-refractivity contribution in [3.63, 3.8) is 0 Å². The fourth-order valence-electron chi connectivity index (χ4n) is 2.74. The molecule has 0 unspecified atom stereocenters. The van der Waals surface area contributed by atoms with Crippen LogP contribution in [0, 0.1) is 0 Å². The molecule has 0 radical (unpaired) electrons. The van der Waals surface area contributed by atoms with Crippen molar-refractivity contribution in [3.05, 3.63) is 35.5 Å². The van der Waals surface area contributed by atoms with Crippen LogP contribution >= 0.6 is 0 Å². The Balaban J connectivity index is 1.65. The molecule has 106 valence electrons. The van der Waals surface area contributed by atoms with Crippen molar-refractivity contribution < 1.29 is 9.26 Å². The number of fused-ring (bicyclic) bond motifs is 3. The Morgan fingerprint density at radius 1 is 1.15 bits per heavy atom. The average molecular weight is 271 g/mol. The summed E-state index contributed by atoms with van der Waals surface area (Å²) in [6.07, 6.45) is 8.82. The van der Waals surface area contributed by atoms with Crippen LogP contribution in [0.2, 0.25) is 0 Å². The Hall–Kier alpha value is -1.77. The molecule has 0 saturated carbocycles. The van der Waals surface area contributed by atoms with Crippen molar-refractivity contribution in [1.29, 1.82) is 0 Å². The molecular formula is C17H21NO2. The predicted octanol–water partition coefficient (Wildman–Crippen LogP) is 4.40. The van der Waals surface area contributed by atoms with E-state index < -0.39 is 0 Å². The molecule has 0 aliphatic heterocycles. The molecule has 2 aromatic rings. The summed E-state index contributed by atoms with van der Waals surface area (Å²) < 4.78 is 11.2. The fourth-order valence-corrected chi connectivity index (χ4v) is 2.74. The van der Waals surface area contributed by atoms with Gasteiger partial charge in [0.15, 0.2) is 5.76 Å². The van der Waals surface area contributed by atoms with Gasteiger partial charge in [-0.3, -0.25) is 0 Å². The van der Waals surface area contributed by atoms with Crippen LogP contribution in [0.4, 0.5) is 0 Å². The summed E-state index contributed by atoms with van der Waals surface area (Å²) in [6.45, 7) is 3.04. The van der Waals surface area contributed by atoms with E-state index in [1.54, 1.807) is 0 Å². The zero-order valence-corrected chi connectivity index (χ0v) is 12.0. The summed E-state index contributed by atoms with van der Waals surface area (Å²) in [5.74, 6) is 1.91. The van der Waals surface area contributed by atoms with Gasteiger partial charge < -0.3 is 9.26 Å². The van der Waals surface area contributed by atoms with Crippen LogP contribution in [-0.2, 0) is 12.8 Å². The third-order valence-electron chi connectivity index (χ3n) is 3.90. The summed E-state index contributed by atoms with van der Waals surface area (Å²) in [4.78, 5) is 0. The van der Waals surface area contributed by atoms with Crippen molar-refractivity contribution in [2.75, 3.05) is 6.61 Å². The molecule has 1 aliphatic carbocycles. The Bertz CT molecular complexity index is 574. The Labute approximate surface area is 119 Å². The van der Waals surface area contributed by atoms with E-state index in [1.807, 2.05) is 12.3 Å². The normalized spacial score (nSPS) is 12.8. The molecule has 0 spiro atoms. The van der Waals surface area contributed by atoms with Crippen molar-refractivity contribution >= 4 is 0 Å². The fraction of sp³-hybridized carbons (Fsp3) is 0.471. The third kappa shape index (κ3) is 2.72. The van der Waals surface area contributed by atoms with Gasteiger partial charge in [0.05, 0.1) is 12.8 Å². The maximum absolute atomic E-state index is 5.84. The molecule has 3 nitrogen and oxygen atoms in total. The lowest BCUT2D eigenvalue weighted by Crippen LogP contribution is -2.03. The predicted molar refractivity (Wildman–Crippen MR) is 79.0 cm³/mol. The van der Waals surface area contributed by atoms with Gasteiger partial charge in [0.25, 0.3) is 0 Å². The minimum Gasteiger partial charge on any atom is -0.494 e. The molecule has 20 heavy (non-hydrogen) atoms. The van der Waals surface area contributed by atoms with E-state index in [4.69, 9.17) is 9.26 Å². The van der Waals surface area contributed by atoms with Gasteiger partial charge in [0, 0.05) is 11.1 Å². The highest BCUT2D eigenvalue weighted by atomic mass is 16.5. The molecule has 0 atom stereocenters. The second-order valence-corrected chi connectivity index (χ2v) is 5.41. The van der Waals surface area contributed by atoms with E-state index in [1.165, 1.54) is 36.0 Å². The number of unbranched alkanes of at least 4 members (excludes halogenated alkanes) is 3. The molecule has 0 amide bonds. The van der Waals surface area contributed by atoms with Gasteiger partial charge >= 0.3 is 0 Å². The maximum Gasteiger partial charge on any atom is 0.170 e. The first kappa shape index (κ1) is 13.2. The topological polar surface area (TPSA) is 35.3 Å². The second kappa shape index (κ2) is 6.12. The minimum atomic E-state index is 0.812. The van der Waals surface area contributed by atoms with Crippen molar-refractivity contribution in [2.24, 2.45) is 0 Å². The Morgan fingerprint density at radius 2 is 2.05 bits per heavy atom. The number of nitrogens with zero attached hydrogens (tertiary/aromatic N) is 1. The van der Waals surface area contributed by atoms with E-state index >= 15 is 0 Å². The number of benzene rings is 1. The van der Waals surface area contributed by atoms with Crippen LogP contribution in [0.3, 0.4) is 0 Å². The largest absolute Gasteiger partial charge is 0.494 e. The lowest BCUT2D eigenvalue weighted by atomic mass is 9.91. The second-order valence-electron chi connectivity index (χ2n) is 5.41. The van der Waals surface area contributed by atoms with Gasteiger partial charge in [-0.1, -0.05) is 31.3 Å². The SMILES string of the molecule is CCCCCCOc1ccc2c(c1)CCc1cnoc1-2. The van der Waals surface area contributed by atoms with Crippen molar-refractivity contribution in [3.8, 4) is 17.1 Å². The molecule has 0 N–H and O–H groups in total. The van der Waals surface area contributed by atoms with Crippen molar-refractivity contribution in [2.45, 2.75) is 45.4 Å². The lowest BCUT2D eigenvalue weighted by molar-refractivity contribution is 0.305. The first-order valence-electron chi connectivity index (χ1n) is 7.58. The molecule has 1 aliphatic rings. The zero-order valence-electron chi connectivity index (χ0n) is 12.0. The summed E-state index contributed by atoms with van der Waals surface area (Å²) in [7, 11) is 0. The molecule has 1 heterocycles. The highest BCUT2D eigenvalue weighted by molar-refractivity contribution is 5.68. The number of hydrogen-bond acceptors (Lipinski definition) is 3. The quantitative estimate of drug-likeness (QED) is 0.730. The highest BCUT2D eigenvalue weighted by Crippen LogP contribution is 2.35. The van der Waals surface area contributed by atoms with Crippen LogP contribution in [-0.4, -0.2) is 11.8 Å². The van der Waals surface area contributed by atoms with Crippen LogP contribution in [0.5, 0.6) is 5.75 Å². The molecule has 3 rings (SSSR count). The van der Waals surface area contributed by atoms with Crippen LogP contribution in [0.15, 0.2) is 28.9 Å². The van der Waals surface area contributed by atoms with Crippen LogP contribution < -0.4 is 4.74 Å². The maximum atomic E-state index is 5.84. The Morgan fingerprint density at radius 3 is 2.95 bits per heavy atom. The van der Waals surface area contributed by atoms with Gasteiger partial charge in [-0.05, 0) is 43.0 Å². The van der Waals surface area contributed by atoms with E-state index in [0.29, 0.717) is 0 Å². The minimum absolute atomic E-state index is 0.812. The van der Waals surface area contributed by atoms with Crippen LogP contribution in [0.1, 0.15) is 43.7 Å². The highest BCUT2D eigenvalue weighted by Gasteiger charge is 2.20. The molecular weight excluding hydrogens is 250 g/mol. The lowest BCUT2D eigenvalue weighted by Gasteiger charge is -2.15. The number of aromatic nitrogens is 1. The van der Waals surface area contributed by atoms with Crippen LogP contribution in [0.25, 0.3) is 11.3 Å². The first-order chi connectivity index (χ1) is 9.88. The Kier molecular flexibility index (Phi) is 4.05. The molecule has 0 bridgehead atoms. The summed E-state index contributed by atoms with van der Waals surface area (Å²) in [5.41, 5.74) is 3.69. The number of hydrogen-bond donors (Lipinski definition) is 0. The van der Waals surface area contributed by atoms with Gasteiger partial charge in [0.1, 0.15) is 5.75 Å². The van der Waals surface area contributed by atoms with E-state index in [9.17, 15) is 0 Å². The van der Waals surface area contributed by atoms with Crippen molar-refractivity contribution in [1.82, 2.24) is 5.16 Å². The zero-order chi connectivity index (χ0) is 13.8. The monoisotopic (exact) mass is 271 g/mol. The van der Waals surface area contributed by atoms with Gasteiger partial charge in [-0.25, -0.2) is 0 Å².